The molecule has 29 heavy (non-hydrogen) atoms. The Morgan fingerprint density at radius 1 is 1.45 bits per heavy atom. The van der Waals surface area contributed by atoms with E-state index in [1.54, 1.807) is 10.9 Å². The van der Waals surface area contributed by atoms with Crippen LogP contribution in [0.25, 0.3) is 11.0 Å². The molecule has 1 saturated heterocycles. The van der Waals surface area contributed by atoms with Gasteiger partial charge in [0.15, 0.2) is 10.8 Å². The Hall–Kier alpha value is -2.52. The summed E-state index contributed by atoms with van der Waals surface area (Å²) in [5.41, 5.74) is 1.74. The average molecular weight is 418 g/mol. The molecule has 2 N–H and O–H groups in total. The second-order valence-corrected chi connectivity index (χ2v) is 7.70. The number of aromatic nitrogens is 4. The number of nitrogens with one attached hydrogen (secondary N) is 2. The Bertz CT molecular complexity index is 984. The largest absolute Gasteiger partial charge is 0.476 e. The molecule has 0 aromatic carbocycles. The van der Waals surface area contributed by atoms with Crippen LogP contribution in [0.3, 0.4) is 0 Å². The smallest absolute Gasteiger partial charge is 0.232 e. The van der Waals surface area contributed by atoms with E-state index in [1.165, 1.54) is 0 Å². The molecule has 154 valence electrons. The van der Waals surface area contributed by atoms with Crippen molar-refractivity contribution in [3.8, 4) is 0 Å². The Labute approximate surface area is 173 Å². The van der Waals surface area contributed by atoms with Crippen molar-refractivity contribution >= 4 is 40.7 Å². The van der Waals surface area contributed by atoms with Gasteiger partial charge in [0.05, 0.1) is 17.7 Å². The molecule has 1 unspecified atom stereocenters. The first-order chi connectivity index (χ1) is 14.0. The maximum atomic E-state index is 8.37. The highest BCUT2D eigenvalue weighted by Crippen LogP contribution is 2.24. The van der Waals surface area contributed by atoms with Crippen molar-refractivity contribution in [2.45, 2.75) is 33.2 Å². The Kier molecular flexibility index (Phi) is 5.77. The van der Waals surface area contributed by atoms with Crippen molar-refractivity contribution < 1.29 is 9.47 Å². The van der Waals surface area contributed by atoms with Crippen molar-refractivity contribution in [2.75, 3.05) is 25.1 Å². The van der Waals surface area contributed by atoms with Crippen LogP contribution in [0.4, 0.5) is 5.95 Å². The molecule has 2 aromatic rings. The molecule has 0 saturated carbocycles. The van der Waals surface area contributed by atoms with Crippen LogP contribution in [-0.4, -0.2) is 51.7 Å². The predicted octanol–water partition coefficient (Wildman–Crippen LogP) is 3.26. The predicted molar refractivity (Wildman–Crippen MR) is 112 cm³/mol. The first-order valence-corrected chi connectivity index (χ1v) is 10.1. The number of aryl methyl sites for hydroxylation is 1. The summed E-state index contributed by atoms with van der Waals surface area (Å²) in [6.45, 7) is 6.46. The minimum Gasteiger partial charge on any atom is -0.476 e. The number of fused-ring (bicyclic) bond motifs is 1. The first kappa shape index (κ1) is 19.8. The Morgan fingerprint density at radius 2 is 2.31 bits per heavy atom. The lowest BCUT2D eigenvalue weighted by atomic mass is 9.91. The molecule has 0 spiro atoms. The second kappa shape index (κ2) is 8.46. The second-order valence-electron chi connectivity index (χ2n) is 7.34. The van der Waals surface area contributed by atoms with Gasteiger partial charge < -0.3 is 14.8 Å². The van der Waals surface area contributed by atoms with Gasteiger partial charge in [0.1, 0.15) is 5.70 Å². The Morgan fingerprint density at radius 3 is 3.14 bits per heavy atom. The summed E-state index contributed by atoms with van der Waals surface area (Å²) in [5, 5.41) is 16.9. The van der Waals surface area contributed by atoms with Crippen LogP contribution in [0, 0.1) is 17.2 Å². The number of nitrogens with zero attached hydrogens (tertiary/aromatic N) is 5. The van der Waals surface area contributed by atoms with Crippen LogP contribution in [0.15, 0.2) is 22.6 Å². The normalized spacial score (nSPS) is 25.0. The number of aliphatic imine (C=N–C) groups is 1. The summed E-state index contributed by atoms with van der Waals surface area (Å²) in [7, 11) is 0. The molecule has 4 heterocycles. The monoisotopic (exact) mass is 417 g/mol. The van der Waals surface area contributed by atoms with Crippen molar-refractivity contribution in [3.05, 3.63) is 22.7 Å². The number of anilines is 1. The number of halogens is 1. The van der Waals surface area contributed by atoms with E-state index in [1.807, 2.05) is 13.1 Å². The van der Waals surface area contributed by atoms with Gasteiger partial charge in [0, 0.05) is 44.5 Å². The van der Waals surface area contributed by atoms with E-state index < -0.39 is 0 Å². The molecule has 2 aliphatic rings. The van der Waals surface area contributed by atoms with E-state index in [2.05, 4.69) is 32.3 Å². The molecule has 9 nitrogen and oxygen atoms in total. The number of ether oxygens (including phenoxy) is 2. The van der Waals surface area contributed by atoms with Crippen molar-refractivity contribution in [1.29, 1.82) is 5.41 Å². The molecule has 0 aliphatic carbocycles. The third kappa shape index (κ3) is 4.25. The summed E-state index contributed by atoms with van der Waals surface area (Å²) >= 11 is 6.19. The van der Waals surface area contributed by atoms with Gasteiger partial charge in [0.2, 0.25) is 11.8 Å². The zero-order chi connectivity index (χ0) is 20.4. The summed E-state index contributed by atoms with van der Waals surface area (Å²) in [6.07, 6.45) is 5.20. The molecular weight excluding hydrogens is 394 g/mol. The van der Waals surface area contributed by atoms with Crippen LogP contribution in [0.1, 0.15) is 26.7 Å². The molecule has 2 aromatic heterocycles. The minimum absolute atomic E-state index is 0.0148. The lowest BCUT2D eigenvalue weighted by Gasteiger charge is -2.25. The van der Waals surface area contributed by atoms with Gasteiger partial charge in [-0.15, -0.1) is 0 Å². The number of rotatable bonds is 2. The van der Waals surface area contributed by atoms with Gasteiger partial charge in [-0.25, -0.2) is 9.67 Å². The van der Waals surface area contributed by atoms with Crippen molar-refractivity contribution in [2.24, 2.45) is 16.8 Å². The van der Waals surface area contributed by atoms with Gasteiger partial charge in [0.25, 0.3) is 0 Å². The SMILES string of the molecule is C/C(N=CC1CCOC[C@H]1C)=C1\Nc2ncc3c(Cl)nn(c3n2)CCCOC1=N. The van der Waals surface area contributed by atoms with Gasteiger partial charge in [-0.2, -0.15) is 10.1 Å². The fourth-order valence-electron chi connectivity index (χ4n) is 3.41. The fraction of sp³-hybridized carbons (Fsp3) is 0.526. The van der Waals surface area contributed by atoms with Crippen LogP contribution in [-0.2, 0) is 16.0 Å². The van der Waals surface area contributed by atoms with E-state index in [9.17, 15) is 0 Å². The zero-order valence-corrected chi connectivity index (χ0v) is 17.2. The van der Waals surface area contributed by atoms with Crippen molar-refractivity contribution in [1.82, 2.24) is 19.7 Å². The van der Waals surface area contributed by atoms with Crippen LogP contribution < -0.4 is 5.32 Å². The highest BCUT2D eigenvalue weighted by atomic mass is 35.5. The molecule has 10 heteroatoms. The van der Waals surface area contributed by atoms with E-state index in [-0.39, 0.29) is 5.90 Å². The molecule has 1 fully saturated rings. The van der Waals surface area contributed by atoms with Crippen LogP contribution >= 0.6 is 11.6 Å². The maximum absolute atomic E-state index is 8.37. The van der Waals surface area contributed by atoms with Crippen molar-refractivity contribution in [3.63, 3.8) is 0 Å². The fourth-order valence-corrected chi connectivity index (χ4v) is 3.64. The standard InChI is InChI=1S/C19H24ClN7O2/c1-11-10-28-7-4-13(11)8-22-12(2)15-17(21)29-6-3-5-27-18-14(16(20)26-27)9-23-19(24-15)25-18/h8-9,11,13,21H,3-7,10H2,1-2H3,(H,23,24,25)/b15-12+,21-17?,22-8?/t11-,13?/m1/s1. The lowest BCUT2D eigenvalue weighted by molar-refractivity contribution is 0.0452. The van der Waals surface area contributed by atoms with E-state index in [4.69, 9.17) is 26.5 Å². The molecule has 2 bridgehead atoms. The topological polar surface area (TPSA) is 110 Å². The number of hydrogen-bond donors (Lipinski definition) is 2. The Balaban J connectivity index is 1.66. The molecular formula is C19H24ClN7O2. The summed E-state index contributed by atoms with van der Waals surface area (Å²) in [6, 6.07) is 0. The van der Waals surface area contributed by atoms with Gasteiger partial charge >= 0.3 is 0 Å². The lowest BCUT2D eigenvalue weighted by Crippen LogP contribution is -2.26. The highest BCUT2D eigenvalue weighted by Gasteiger charge is 2.21. The molecule has 2 aliphatic heterocycles. The van der Waals surface area contributed by atoms with Gasteiger partial charge in [-0.3, -0.25) is 10.4 Å². The molecule has 4 rings (SSSR count). The van der Waals surface area contributed by atoms with Gasteiger partial charge in [-0.1, -0.05) is 18.5 Å². The number of hydrogen-bond acceptors (Lipinski definition) is 8. The van der Waals surface area contributed by atoms with Crippen LogP contribution in [0.5, 0.6) is 0 Å². The third-order valence-corrected chi connectivity index (χ3v) is 5.48. The number of allylic oxidation sites excluding steroid dienone is 1. The first-order valence-electron chi connectivity index (χ1n) is 9.73. The quantitative estimate of drug-likeness (QED) is 0.725. The summed E-state index contributed by atoms with van der Waals surface area (Å²) < 4.78 is 12.9. The summed E-state index contributed by atoms with van der Waals surface area (Å²) in [4.78, 5) is 13.5. The van der Waals surface area contributed by atoms with E-state index in [0.29, 0.717) is 64.9 Å². The molecule has 0 amide bonds. The maximum Gasteiger partial charge on any atom is 0.232 e. The third-order valence-electron chi connectivity index (χ3n) is 5.20. The minimum atomic E-state index is 0.0148. The average Bonchev–Trinajstić information content (AvgIpc) is 3.02. The zero-order valence-electron chi connectivity index (χ0n) is 16.5. The van der Waals surface area contributed by atoms with E-state index in [0.717, 1.165) is 19.6 Å². The van der Waals surface area contributed by atoms with Gasteiger partial charge in [-0.05, 0) is 19.3 Å². The molecule has 2 atom stereocenters. The van der Waals surface area contributed by atoms with Crippen LogP contribution in [0.2, 0.25) is 5.15 Å². The van der Waals surface area contributed by atoms with E-state index >= 15 is 0 Å². The summed E-state index contributed by atoms with van der Waals surface area (Å²) in [5.74, 6) is 1.12. The highest BCUT2D eigenvalue weighted by molar-refractivity contribution is 6.34. The molecule has 0 radical (unpaired) electrons.